The van der Waals surface area contributed by atoms with Gasteiger partial charge in [-0.25, -0.2) is 9.78 Å². The van der Waals surface area contributed by atoms with Gasteiger partial charge in [0.15, 0.2) is 0 Å². The van der Waals surface area contributed by atoms with Gasteiger partial charge in [0.2, 0.25) is 0 Å². The summed E-state index contributed by atoms with van der Waals surface area (Å²) in [5.74, 6) is 0.848. The predicted molar refractivity (Wildman–Crippen MR) is 166 cm³/mol. The molecular weight excluding hydrogens is 656 g/mol. The van der Waals surface area contributed by atoms with Crippen LogP contribution in [0.2, 0.25) is 0 Å². The summed E-state index contributed by atoms with van der Waals surface area (Å²) in [6, 6.07) is 7.88. The summed E-state index contributed by atoms with van der Waals surface area (Å²) in [4.78, 5) is 33.9. The minimum atomic E-state index is -5.05. The number of alkyl halides is 6. The van der Waals surface area contributed by atoms with Gasteiger partial charge in [-0.2, -0.15) is 26.3 Å². The molecule has 3 atom stereocenters. The minimum Gasteiger partial charge on any atom is -0.496 e. The molecule has 1 aliphatic carbocycles. The van der Waals surface area contributed by atoms with Gasteiger partial charge in [-0.1, -0.05) is 0 Å². The van der Waals surface area contributed by atoms with Crippen LogP contribution in [0.4, 0.5) is 37.0 Å². The summed E-state index contributed by atoms with van der Waals surface area (Å²) in [6.45, 7) is 4.96. The summed E-state index contributed by atoms with van der Waals surface area (Å²) >= 11 is 0. The summed E-state index contributed by atoms with van der Waals surface area (Å²) < 4.78 is 98.3. The van der Waals surface area contributed by atoms with Crippen LogP contribution in [0, 0.1) is 0 Å². The highest BCUT2D eigenvalue weighted by molar-refractivity contribution is 5.78. The SMILES string of the molecule is CCOC(=O)CC1CCc2cc(OC)c(-c3ccc(N4CCC4)nc3CN3C(=O)O[C@H](c4cc(C(F)(F)F)cc(C(F)(F)F)c4)[C@@H]3C)cc21. The molecule has 0 N–H and O–H groups in total. The van der Waals surface area contributed by atoms with Crippen LogP contribution in [0.3, 0.4) is 0 Å². The summed E-state index contributed by atoms with van der Waals surface area (Å²) in [7, 11) is 1.53. The number of aromatic nitrogens is 1. The van der Waals surface area contributed by atoms with Gasteiger partial charge < -0.3 is 19.1 Å². The average Bonchev–Trinajstić information content (AvgIpc) is 3.53. The lowest BCUT2D eigenvalue weighted by atomic mass is 9.92. The lowest BCUT2D eigenvalue weighted by Gasteiger charge is -2.33. The molecule has 0 bridgehead atoms. The Bertz CT molecular complexity index is 1720. The molecule has 3 heterocycles. The number of benzene rings is 2. The van der Waals surface area contributed by atoms with Gasteiger partial charge in [0.25, 0.3) is 0 Å². The second-order valence-electron chi connectivity index (χ2n) is 12.5. The number of halogens is 6. The van der Waals surface area contributed by atoms with Crippen molar-refractivity contribution in [1.29, 1.82) is 0 Å². The number of anilines is 1. The Balaban J connectivity index is 1.38. The van der Waals surface area contributed by atoms with Crippen LogP contribution in [0.5, 0.6) is 5.75 Å². The highest BCUT2D eigenvalue weighted by Crippen LogP contribution is 2.45. The average molecular weight is 692 g/mol. The van der Waals surface area contributed by atoms with Crippen LogP contribution < -0.4 is 9.64 Å². The molecule has 49 heavy (non-hydrogen) atoms. The molecule has 8 nitrogen and oxygen atoms in total. The number of methoxy groups -OCH3 is 1. The highest BCUT2D eigenvalue weighted by atomic mass is 19.4. The predicted octanol–water partition coefficient (Wildman–Crippen LogP) is 8.07. The summed E-state index contributed by atoms with van der Waals surface area (Å²) in [6.07, 6.45) is -9.72. The third kappa shape index (κ3) is 6.86. The van der Waals surface area contributed by atoms with Crippen molar-refractivity contribution in [2.45, 2.75) is 76.5 Å². The third-order valence-electron chi connectivity index (χ3n) is 9.46. The zero-order valence-corrected chi connectivity index (χ0v) is 27.1. The molecule has 2 aromatic carbocycles. The molecule has 3 aliphatic rings. The lowest BCUT2D eigenvalue weighted by Crippen LogP contribution is -2.38. The monoisotopic (exact) mass is 691 g/mol. The Labute approximate surface area is 278 Å². The number of cyclic esters (lactones) is 1. The van der Waals surface area contributed by atoms with E-state index in [9.17, 15) is 35.9 Å². The fraction of sp³-hybridized carbons (Fsp3) is 0.457. The van der Waals surface area contributed by atoms with Crippen molar-refractivity contribution in [3.63, 3.8) is 0 Å². The van der Waals surface area contributed by atoms with E-state index in [4.69, 9.17) is 19.2 Å². The second kappa shape index (κ2) is 13.1. The fourth-order valence-corrected chi connectivity index (χ4v) is 6.77. The number of aryl methyl sites for hydroxylation is 1. The maximum absolute atomic E-state index is 13.6. The van der Waals surface area contributed by atoms with Crippen molar-refractivity contribution in [2.75, 3.05) is 31.7 Å². The second-order valence-corrected chi connectivity index (χ2v) is 12.5. The first kappa shape index (κ1) is 34.4. The van der Waals surface area contributed by atoms with Gasteiger partial charge in [-0.3, -0.25) is 9.69 Å². The van der Waals surface area contributed by atoms with Gasteiger partial charge in [0.05, 0.1) is 49.5 Å². The van der Waals surface area contributed by atoms with Crippen LogP contribution in [0.25, 0.3) is 11.1 Å². The normalized spacial score (nSPS) is 20.6. The number of ether oxygens (including phenoxy) is 3. The quantitative estimate of drug-likeness (QED) is 0.166. The number of rotatable bonds is 9. The van der Waals surface area contributed by atoms with Gasteiger partial charge >= 0.3 is 24.4 Å². The first-order chi connectivity index (χ1) is 23.2. The van der Waals surface area contributed by atoms with E-state index in [-0.39, 0.29) is 37.5 Å². The van der Waals surface area contributed by atoms with Crippen LogP contribution >= 0.6 is 0 Å². The number of carbonyl (C=O) groups is 2. The molecule has 1 aromatic heterocycles. The third-order valence-corrected chi connectivity index (χ3v) is 9.46. The number of amides is 1. The van der Waals surface area contributed by atoms with E-state index in [0.717, 1.165) is 43.5 Å². The minimum absolute atomic E-state index is 0.0431. The zero-order chi connectivity index (χ0) is 35.2. The number of fused-ring (bicyclic) bond motifs is 1. The molecule has 6 rings (SSSR count). The first-order valence-corrected chi connectivity index (χ1v) is 16.1. The Morgan fingerprint density at radius 3 is 2.29 bits per heavy atom. The van der Waals surface area contributed by atoms with Crippen LogP contribution in [-0.4, -0.2) is 54.8 Å². The Morgan fingerprint density at radius 2 is 1.69 bits per heavy atom. The molecule has 1 amide bonds. The number of esters is 1. The highest BCUT2D eigenvalue weighted by Gasteiger charge is 2.44. The molecule has 14 heteroatoms. The molecule has 0 saturated carbocycles. The van der Waals surface area contributed by atoms with Gasteiger partial charge in [-0.05, 0) is 98.2 Å². The van der Waals surface area contributed by atoms with E-state index >= 15 is 0 Å². The largest absolute Gasteiger partial charge is 0.496 e. The standard InChI is InChI=1S/C35H35F6N3O5/c1-4-48-31(45)15-21-7-6-20-14-29(47-3)27(17-26(20)21)25-8-9-30(43-10-5-11-43)42-28(25)18-44-19(2)32(49-33(44)46)22-12-23(34(36,37)38)16-24(13-22)35(39,40)41/h8-9,12-14,16-17,19,21,32H,4-7,10-11,15,18H2,1-3H3/t19-,21?,32-/m0/s1. The van der Waals surface area contributed by atoms with E-state index in [0.29, 0.717) is 40.5 Å². The molecule has 0 radical (unpaired) electrons. The van der Waals surface area contributed by atoms with Gasteiger partial charge in [0.1, 0.15) is 17.7 Å². The number of hydrogen-bond acceptors (Lipinski definition) is 7. The summed E-state index contributed by atoms with van der Waals surface area (Å²) in [5.41, 5.74) is 0.339. The Morgan fingerprint density at radius 1 is 1.00 bits per heavy atom. The van der Waals surface area contributed by atoms with Crippen molar-refractivity contribution in [2.24, 2.45) is 0 Å². The molecule has 2 saturated heterocycles. The van der Waals surface area contributed by atoms with E-state index in [2.05, 4.69) is 4.90 Å². The molecule has 0 spiro atoms. The zero-order valence-electron chi connectivity index (χ0n) is 27.1. The van der Waals surface area contributed by atoms with Gasteiger partial charge in [0, 0.05) is 24.2 Å². The van der Waals surface area contributed by atoms with Crippen molar-refractivity contribution in [3.05, 3.63) is 76.0 Å². The number of carbonyl (C=O) groups excluding carboxylic acids is 2. The van der Waals surface area contributed by atoms with Crippen molar-refractivity contribution in [3.8, 4) is 16.9 Å². The molecule has 2 fully saturated rings. The van der Waals surface area contributed by atoms with Crippen LogP contribution in [0.1, 0.15) is 78.6 Å². The maximum Gasteiger partial charge on any atom is 0.416 e. The Hall–Kier alpha value is -4.49. The maximum atomic E-state index is 13.6. The van der Waals surface area contributed by atoms with E-state index in [1.54, 1.807) is 6.92 Å². The van der Waals surface area contributed by atoms with E-state index in [1.165, 1.54) is 18.9 Å². The molecule has 1 unspecified atom stereocenters. The van der Waals surface area contributed by atoms with E-state index in [1.807, 2.05) is 24.3 Å². The van der Waals surface area contributed by atoms with E-state index < -0.39 is 47.3 Å². The number of nitrogens with zero attached hydrogens (tertiary/aromatic N) is 3. The topological polar surface area (TPSA) is 81.2 Å². The molecule has 262 valence electrons. The molecule has 3 aromatic rings. The fourth-order valence-electron chi connectivity index (χ4n) is 6.77. The number of pyridine rings is 1. The first-order valence-electron chi connectivity index (χ1n) is 16.1. The van der Waals surface area contributed by atoms with Gasteiger partial charge in [-0.15, -0.1) is 0 Å². The number of hydrogen-bond donors (Lipinski definition) is 0. The van der Waals surface area contributed by atoms with Crippen molar-refractivity contribution in [1.82, 2.24) is 9.88 Å². The van der Waals surface area contributed by atoms with Crippen LogP contribution in [0.15, 0.2) is 42.5 Å². The van der Waals surface area contributed by atoms with Crippen LogP contribution in [-0.2, 0) is 39.6 Å². The van der Waals surface area contributed by atoms with Crippen molar-refractivity contribution >= 4 is 17.9 Å². The smallest absolute Gasteiger partial charge is 0.416 e. The molecule has 2 aliphatic heterocycles. The van der Waals surface area contributed by atoms with Crippen molar-refractivity contribution < 1.29 is 50.1 Å². The molecular formula is C35H35F6N3O5. The lowest BCUT2D eigenvalue weighted by molar-refractivity contribution is -0.144. The summed E-state index contributed by atoms with van der Waals surface area (Å²) in [5, 5.41) is 0. The Kier molecular flexibility index (Phi) is 9.18.